The number of thiophene rings is 1. The molecule has 26 heavy (non-hydrogen) atoms. The molecule has 0 radical (unpaired) electrons. The highest BCUT2D eigenvalue weighted by atomic mass is 32.1. The molecular weight excluding hydrogens is 344 g/mol. The van der Waals surface area contributed by atoms with Crippen molar-refractivity contribution in [2.45, 2.75) is 31.7 Å². The van der Waals surface area contributed by atoms with E-state index in [1.165, 1.54) is 18.4 Å². The van der Waals surface area contributed by atoms with E-state index in [0.29, 0.717) is 5.91 Å². The van der Waals surface area contributed by atoms with Gasteiger partial charge in [0.15, 0.2) is 0 Å². The Balaban J connectivity index is 1.43. The lowest BCUT2D eigenvalue weighted by Gasteiger charge is -2.28. The fourth-order valence-electron chi connectivity index (χ4n) is 4.87. The minimum absolute atomic E-state index is 0.207. The van der Waals surface area contributed by atoms with Gasteiger partial charge in [-0.15, -0.1) is 0 Å². The maximum absolute atomic E-state index is 13.5. The summed E-state index contributed by atoms with van der Waals surface area (Å²) in [5, 5.41) is 4.35. The molecule has 4 heterocycles. The van der Waals surface area contributed by atoms with Gasteiger partial charge in [-0.1, -0.05) is 0 Å². The summed E-state index contributed by atoms with van der Waals surface area (Å²) in [5.41, 5.74) is 2.16. The van der Waals surface area contributed by atoms with Crippen molar-refractivity contribution in [2.75, 3.05) is 26.2 Å². The number of imidazole rings is 1. The molecule has 1 aliphatic carbocycles. The van der Waals surface area contributed by atoms with Crippen molar-refractivity contribution in [3.05, 3.63) is 40.6 Å². The van der Waals surface area contributed by atoms with Crippen molar-refractivity contribution < 1.29 is 4.79 Å². The predicted octanol–water partition coefficient (Wildman–Crippen LogP) is 2.71. The molecule has 0 N–H and O–H groups in total. The van der Waals surface area contributed by atoms with Crippen LogP contribution in [-0.2, 0) is 18.4 Å². The van der Waals surface area contributed by atoms with Gasteiger partial charge < -0.3 is 9.47 Å². The normalized spacial score (nSPS) is 29.3. The smallest absolute Gasteiger partial charge is 0.230 e. The van der Waals surface area contributed by atoms with Crippen LogP contribution in [0.25, 0.3) is 0 Å². The molecule has 1 saturated carbocycles. The summed E-state index contributed by atoms with van der Waals surface area (Å²) in [6.45, 7) is 4.62. The molecule has 138 valence electrons. The van der Waals surface area contributed by atoms with E-state index in [4.69, 9.17) is 0 Å². The molecule has 5 nitrogen and oxygen atoms in total. The number of aryl methyl sites for hydroxylation is 1. The third kappa shape index (κ3) is 2.79. The van der Waals surface area contributed by atoms with Crippen LogP contribution < -0.4 is 0 Å². The van der Waals surface area contributed by atoms with Gasteiger partial charge in [0.1, 0.15) is 0 Å². The van der Waals surface area contributed by atoms with Gasteiger partial charge in [0.25, 0.3) is 0 Å². The highest BCUT2D eigenvalue weighted by Crippen LogP contribution is 2.50. The first-order valence-corrected chi connectivity index (χ1v) is 10.6. The summed E-state index contributed by atoms with van der Waals surface area (Å²) >= 11 is 1.74. The lowest BCUT2D eigenvalue weighted by Crippen LogP contribution is -2.40. The maximum Gasteiger partial charge on any atom is 0.230 e. The van der Waals surface area contributed by atoms with Crippen LogP contribution in [0.3, 0.4) is 0 Å². The number of carbonyl (C=O) groups excluding carboxylic acids is 1. The van der Waals surface area contributed by atoms with Crippen molar-refractivity contribution in [3.8, 4) is 0 Å². The summed E-state index contributed by atoms with van der Waals surface area (Å²) < 4.78 is 2.01. The predicted molar refractivity (Wildman–Crippen MR) is 102 cm³/mol. The lowest BCUT2D eigenvalue weighted by atomic mass is 9.75. The van der Waals surface area contributed by atoms with Crippen molar-refractivity contribution in [3.63, 3.8) is 0 Å². The highest BCUT2D eigenvalue weighted by Gasteiger charge is 2.57. The number of hydrogen-bond donors (Lipinski definition) is 0. The second-order valence-electron chi connectivity index (χ2n) is 8.42. The molecule has 1 amide bonds. The van der Waals surface area contributed by atoms with Crippen LogP contribution in [-0.4, -0.2) is 51.4 Å². The lowest BCUT2D eigenvalue weighted by molar-refractivity contribution is -0.136. The zero-order chi connectivity index (χ0) is 17.7. The third-order valence-electron chi connectivity index (χ3n) is 6.40. The zero-order valence-electron chi connectivity index (χ0n) is 15.3. The Labute approximate surface area is 158 Å². The molecule has 2 atom stereocenters. The first kappa shape index (κ1) is 16.5. The van der Waals surface area contributed by atoms with Crippen molar-refractivity contribution in [2.24, 2.45) is 18.4 Å². The SMILES string of the molecule is Cn1cnc([C@@H]2CN(Cc3ccsc3)C[C@]23CCN(CC2CC2)C3=O)c1. The van der Waals surface area contributed by atoms with Gasteiger partial charge in [-0.2, -0.15) is 11.3 Å². The van der Waals surface area contributed by atoms with Crippen LogP contribution in [0.15, 0.2) is 29.4 Å². The van der Waals surface area contributed by atoms with E-state index < -0.39 is 0 Å². The minimum Gasteiger partial charge on any atom is -0.342 e. The Morgan fingerprint density at radius 1 is 1.38 bits per heavy atom. The highest BCUT2D eigenvalue weighted by molar-refractivity contribution is 7.07. The molecular formula is C20H26N4OS. The van der Waals surface area contributed by atoms with Crippen molar-refractivity contribution >= 4 is 17.2 Å². The quantitative estimate of drug-likeness (QED) is 0.813. The van der Waals surface area contributed by atoms with Gasteiger partial charge in [-0.05, 0) is 47.6 Å². The van der Waals surface area contributed by atoms with E-state index in [0.717, 1.165) is 50.8 Å². The molecule has 3 fully saturated rings. The van der Waals surface area contributed by atoms with Crippen molar-refractivity contribution in [1.29, 1.82) is 0 Å². The summed E-state index contributed by atoms with van der Waals surface area (Å²) in [6.07, 6.45) is 7.54. The average molecular weight is 371 g/mol. The first-order valence-electron chi connectivity index (χ1n) is 9.65. The van der Waals surface area contributed by atoms with E-state index in [2.05, 4.69) is 37.8 Å². The van der Waals surface area contributed by atoms with Crippen LogP contribution in [0.2, 0.25) is 0 Å². The number of likely N-dealkylation sites (tertiary alicyclic amines) is 2. The van der Waals surface area contributed by atoms with Gasteiger partial charge in [0, 0.05) is 51.9 Å². The number of amides is 1. The molecule has 0 bridgehead atoms. The number of hydrogen-bond acceptors (Lipinski definition) is 4. The Bertz CT molecular complexity index is 797. The summed E-state index contributed by atoms with van der Waals surface area (Å²) in [6, 6.07) is 2.20. The fraction of sp³-hybridized carbons (Fsp3) is 0.600. The van der Waals surface area contributed by atoms with Gasteiger partial charge in [-0.3, -0.25) is 9.69 Å². The second kappa shape index (κ2) is 6.20. The number of nitrogens with zero attached hydrogens (tertiary/aromatic N) is 4. The van der Waals surface area contributed by atoms with Gasteiger partial charge in [0.05, 0.1) is 17.4 Å². The van der Waals surface area contributed by atoms with E-state index >= 15 is 0 Å². The van der Waals surface area contributed by atoms with Crippen LogP contribution in [0.4, 0.5) is 0 Å². The monoisotopic (exact) mass is 370 g/mol. The largest absolute Gasteiger partial charge is 0.342 e. The molecule has 1 spiro atoms. The zero-order valence-corrected chi connectivity index (χ0v) is 16.1. The molecule has 2 saturated heterocycles. The van der Waals surface area contributed by atoms with Gasteiger partial charge in [0.2, 0.25) is 5.91 Å². The molecule has 2 aromatic heterocycles. The van der Waals surface area contributed by atoms with E-state index in [1.54, 1.807) is 11.3 Å². The molecule has 0 aromatic carbocycles. The van der Waals surface area contributed by atoms with Crippen molar-refractivity contribution in [1.82, 2.24) is 19.4 Å². The topological polar surface area (TPSA) is 41.4 Å². The van der Waals surface area contributed by atoms with Crippen LogP contribution >= 0.6 is 11.3 Å². The fourth-order valence-corrected chi connectivity index (χ4v) is 5.53. The average Bonchev–Trinajstić information content (AvgIpc) is 2.98. The summed E-state index contributed by atoms with van der Waals surface area (Å²) in [5.74, 6) is 1.35. The number of carbonyl (C=O) groups is 1. The van der Waals surface area contributed by atoms with Gasteiger partial charge in [-0.25, -0.2) is 4.98 Å². The van der Waals surface area contributed by atoms with Crippen LogP contribution in [0.5, 0.6) is 0 Å². The summed E-state index contributed by atoms with van der Waals surface area (Å²) in [7, 11) is 2.01. The Hall–Kier alpha value is -1.66. The molecule has 2 aliphatic heterocycles. The Morgan fingerprint density at radius 2 is 2.27 bits per heavy atom. The van der Waals surface area contributed by atoms with Crippen LogP contribution in [0.1, 0.15) is 36.4 Å². The third-order valence-corrected chi connectivity index (χ3v) is 7.13. The molecule has 5 rings (SSSR count). The second-order valence-corrected chi connectivity index (χ2v) is 9.20. The Kier molecular flexibility index (Phi) is 3.94. The maximum atomic E-state index is 13.5. The number of rotatable bonds is 5. The molecule has 2 aromatic rings. The molecule has 0 unspecified atom stereocenters. The molecule has 3 aliphatic rings. The Morgan fingerprint density at radius 3 is 2.96 bits per heavy atom. The minimum atomic E-state index is -0.279. The van der Waals surface area contributed by atoms with E-state index in [1.807, 2.05) is 17.9 Å². The van der Waals surface area contributed by atoms with E-state index in [-0.39, 0.29) is 11.3 Å². The van der Waals surface area contributed by atoms with Crippen LogP contribution in [0, 0.1) is 11.3 Å². The summed E-state index contributed by atoms with van der Waals surface area (Å²) in [4.78, 5) is 22.8. The number of aromatic nitrogens is 2. The first-order chi connectivity index (χ1) is 12.6. The van der Waals surface area contributed by atoms with Gasteiger partial charge >= 0.3 is 0 Å². The standard InChI is InChI=1S/C20H26N4OS/c1-22-11-18(21-14-22)17-10-23(8-16-4-7-26-12-16)13-20(17)5-6-24(19(20)25)9-15-2-3-15/h4,7,11-12,14-15,17H,2-3,5-6,8-10,13H2,1H3/t17-,20+/m0/s1. The van der Waals surface area contributed by atoms with E-state index in [9.17, 15) is 4.79 Å². The molecule has 6 heteroatoms.